The van der Waals surface area contributed by atoms with Gasteiger partial charge in [-0.05, 0) is 61.2 Å². The Morgan fingerprint density at radius 2 is 2.07 bits per heavy atom. The van der Waals surface area contributed by atoms with Gasteiger partial charge in [0.15, 0.2) is 0 Å². The summed E-state index contributed by atoms with van der Waals surface area (Å²) in [6, 6.07) is 5.68. The number of ether oxygens (including phenoxy) is 1. The van der Waals surface area contributed by atoms with Crippen molar-refractivity contribution < 1.29 is 18.7 Å². The largest absolute Gasteiger partial charge is 0.462 e. The molecular weight excluding hydrogens is 397 g/mol. The van der Waals surface area contributed by atoms with Crippen molar-refractivity contribution in [2.45, 2.75) is 32.7 Å². The Kier molecular flexibility index (Phi) is 5.34. The third-order valence-electron chi connectivity index (χ3n) is 4.49. The highest BCUT2D eigenvalue weighted by molar-refractivity contribution is 7.17. The number of aromatic nitrogens is 4. The standard InChI is InChI=1S/C19H18FN5O3S/c1-2-28-19(27)16-13-4-3-5-14(13)29-18(16)21-15(26)10-25-23-17(22-24-25)11-6-8-12(20)9-7-11/h6-9H,2-5,10H2,1H3,(H,21,26). The van der Waals surface area contributed by atoms with Gasteiger partial charge in [0.1, 0.15) is 17.4 Å². The van der Waals surface area contributed by atoms with Crippen molar-refractivity contribution in [3.05, 3.63) is 46.1 Å². The first-order valence-electron chi connectivity index (χ1n) is 9.20. The number of halogens is 1. The molecule has 0 fully saturated rings. The van der Waals surface area contributed by atoms with Gasteiger partial charge in [0.25, 0.3) is 0 Å². The molecule has 1 aliphatic rings. The summed E-state index contributed by atoms with van der Waals surface area (Å²) in [5, 5.41) is 15.2. The Morgan fingerprint density at radius 3 is 2.83 bits per heavy atom. The normalized spacial score (nSPS) is 12.6. The van der Waals surface area contributed by atoms with Gasteiger partial charge in [-0.15, -0.1) is 21.5 Å². The number of hydrogen-bond acceptors (Lipinski definition) is 7. The number of tetrazole rings is 1. The topological polar surface area (TPSA) is 99.0 Å². The fraction of sp³-hybridized carbons (Fsp3) is 0.316. The molecule has 8 nitrogen and oxygen atoms in total. The Balaban J connectivity index is 1.48. The van der Waals surface area contributed by atoms with E-state index in [-0.39, 0.29) is 24.9 Å². The van der Waals surface area contributed by atoms with E-state index in [0.717, 1.165) is 34.5 Å². The summed E-state index contributed by atoms with van der Waals surface area (Å²) in [5.41, 5.74) is 2.02. The highest BCUT2D eigenvalue weighted by Crippen LogP contribution is 2.39. The highest BCUT2D eigenvalue weighted by atomic mass is 32.1. The molecule has 150 valence electrons. The van der Waals surface area contributed by atoms with Crippen LogP contribution in [0.5, 0.6) is 0 Å². The molecule has 0 saturated carbocycles. The van der Waals surface area contributed by atoms with E-state index in [2.05, 4.69) is 20.7 Å². The van der Waals surface area contributed by atoms with Crippen molar-refractivity contribution in [1.29, 1.82) is 0 Å². The number of hydrogen-bond donors (Lipinski definition) is 1. The summed E-state index contributed by atoms with van der Waals surface area (Å²) in [7, 11) is 0. The van der Waals surface area contributed by atoms with Gasteiger partial charge in [0.2, 0.25) is 11.7 Å². The number of rotatable bonds is 6. The van der Waals surface area contributed by atoms with Crippen LogP contribution in [0.2, 0.25) is 0 Å². The molecule has 3 aromatic rings. The predicted molar refractivity (Wildman–Crippen MR) is 104 cm³/mol. The minimum atomic E-state index is -0.417. The Morgan fingerprint density at radius 1 is 1.28 bits per heavy atom. The predicted octanol–water partition coefficient (Wildman–Crippen LogP) is 2.84. The summed E-state index contributed by atoms with van der Waals surface area (Å²) >= 11 is 1.41. The van der Waals surface area contributed by atoms with Crippen LogP contribution < -0.4 is 5.32 Å². The maximum Gasteiger partial charge on any atom is 0.341 e. The Labute approximate surface area is 169 Å². The van der Waals surface area contributed by atoms with Gasteiger partial charge >= 0.3 is 5.97 Å². The second-order valence-corrected chi connectivity index (χ2v) is 7.59. The van der Waals surface area contributed by atoms with Crippen molar-refractivity contribution in [2.24, 2.45) is 0 Å². The van der Waals surface area contributed by atoms with Crippen molar-refractivity contribution >= 4 is 28.2 Å². The molecular formula is C19H18FN5O3S. The van der Waals surface area contributed by atoms with Gasteiger partial charge in [-0.2, -0.15) is 4.80 Å². The van der Waals surface area contributed by atoms with E-state index in [9.17, 15) is 14.0 Å². The molecule has 1 aromatic carbocycles. The lowest BCUT2D eigenvalue weighted by Crippen LogP contribution is -2.21. The molecule has 0 aliphatic heterocycles. The number of thiophene rings is 1. The maximum atomic E-state index is 13.0. The van der Waals surface area contributed by atoms with Crippen LogP contribution in [-0.4, -0.2) is 38.7 Å². The molecule has 4 rings (SSSR count). The number of amides is 1. The molecule has 2 aromatic heterocycles. The summed E-state index contributed by atoms with van der Waals surface area (Å²) in [5.74, 6) is -0.862. The van der Waals surface area contributed by atoms with Crippen molar-refractivity contribution in [2.75, 3.05) is 11.9 Å². The number of carbonyl (C=O) groups is 2. The first kappa shape index (κ1) is 19.2. The molecule has 10 heteroatoms. The molecule has 0 spiro atoms. The minimum Gasteiger partial charge on any atom is -0.462 e. The van der Waals surface area contributed by atoms with Crippen molar-refractivity contribution in [3.8, 4) is 11.4 Å². The van der Waals surface area contributed by atoms with Crippen LogP contribution in [-0.2, 0) is 28.9 Å². The molecule has 0 atom stereocenters. The zero-order valence-corrected chi connectivity index (χ0v) is 16.5. The van der Waals surface area contributed by atoms with Gasteiger partial charge in [-0.3, -0.25) is 4.79 Å². The number of anilines is 1. The minimum absolute atomic E-state index is 0.168. The molecule has 0 unspecified atom stereocenters. The average molecular weight is 415 g/mol. The lowest BCUT2D eigenvalue weighted by Gasteiger charge is -2.07. The lowest BCUT2D eigenvalue weighted by molar-refractivity contribution is -0.117. The molecule has 1 amide bonds. The fourth-order valence-electron chi connectivity index (χ4n) is 3.23. The van der Waals surface area contributed by atoms with E-state index >= 15 is 0 Å². The zero-order chi connectivity index (χ0) is 20.4. The maximum absolute atomic E-state index is 13.0. The molecule has 29 heavy (non-hydrogen) atoms. The van der Waals surface area contributed by atoms with Gasteiger partial charge in [-0.25, -0.2) is 9.18 Å². The van der Waals surface area contributed by atoms with E-state index in [1.165, 1.54) is 35.6 Å². The van der Waals surface area contributed by atoms with Crippen LogP contribution in [0.1, 0.15) is 34.1 Å². The first-order valence-corrected chi connectivity index (χ1v) is 10.0. The van der Waals surface area contributed by atoms with Crippen LogP contribution in [0.4, 0.5) is 9.39 Å². The smallest absolute Gasteiger partial charge is 0.341 e. The van der Waals surface area contributed by atoms with Gasteiger partial charge in [0, 0.05) is 10.4 Å². The van der Waals surface area contributed by atoms with Crippen LogP contribution in [0.25, 0.3) is 11.4 Å². The number of esters is 1. The van der Waals surface area contributed by atoms with Crippen LogP contribution >= 0.6 is 11.3 Å². The van der Waals surface area contributed by atoms with Crippen LogP contribution in [0.15, 0.2) is 24.3 Å². The monoisotopic (exact) mass is 415 g/mol. The molecule has 0 bridgehead atoms. The summed E-state index contributed by atoms with van der Waals surface area (Å²) in [4.78, 5) is 27.1. The second-order valence-electron chi connectivity index (χ2n) is 6.48. The number of nitrogens with zero attached hydrogens (tertiary/aromatic N) is 4. The number of fused-ring (bicyclic) bond motifs is 1. The van der Waals surface area contributed by atoms with Crippen LogP contribution in [0.3, 0.4) is 0 Å². The number of nitrogens with one attached hydrogen (secondary N) is 1. The van der Waals surface area contributed by atoms with Gasteiger partial charge < -0.3 is 10.1 Å². The van der Waals surface area contributed by atoms with Crippen molar-refractivity contribution in [1.82, 2.24) is 20.2 Å². The Bertz CT molecular complexity index is 1060. The summed E-state index contributed by atoms with van der Waals surface area (Å²) in [6.07, 6.45) is 2.70. The molecule has 0 saturated heterocycles. The number of aryl methyl sites for hydroxylation is 1. The zero-order valence-electron chi connectivity index (χ0n) is 15.6. The highest BCUT2D eigenvalue weighted by Gasteiger charge is 2.28. The fourth-order valence-corrected chi connectivity index (χ4v) is 4.52. The molecule has 1 N–H and O–H groups in total. The van der Waals surface area contributed by atoms with E-state index in [4.69, 9.17) is 4.74 Å². The third kappa shape index (κ3) is 4.02. The van der Waals surface area contributed by atoms with E-state index in [1.807, 2.05) is 0 Å². The SMILES string of the molecule is CCOC(=O)c1c(NC(=O)Cn2nnc(-c3ccc(F)cc3)n2)sc2c1CCC2. The van der Waals surface area contributed by atoms with Crippen molar-refractivity contribution in [3.63, 3.8) is 0 Å². The van der Waals surface area contributed by atoms with Gasteiger partial charge in [-0.1, -0.05) is 0 Å². The summed E-state index contributed by atoms with van der Waals surface area (Å²) in [6.45, 7) is 1.85. The lowest BCUT2D eigenvalue weighted by atomic mass is 10.1. The third-order valence-corrected chi connectivity index (χ3v) is 5.70. The summed E-state index contributed by atoms with van der Waals surface area (Å²) < 4.78 is 18.2. The van der Waals surface area contributed by atoms with E-state index in [1.54, 1.807) is 6.92 Å². The van der Waals surface area contributed by atoms with Crippen LogP contribution in [0, 0.1) is 5.82 Å². The molecule has 1 aliphatic carbocycles. The number of benzene rings is 1. The number of carbonyl (C=O) groups excluding carboxylic acids is 2. The molecule has 0 radical (unpaired) electrons. The Hall–Kier alpha value is -3.14. The second kappa shape index (κ2) is 8.08. The first-order chi connectivity index (χ1) is 14.0. The van der Waals surface area contributed by atoms with E-state index < -0.39 is 5.97 Å². The van der Waals surface area contributed by atoms with E-state index in [0.29, 0.717) is 22.0 Å². The quantitative estimate of drug-likeness (QED) is 0.622. The molecule has 2 heterocycles. The van der Waals surface area contributed by atoms with Gasteiger partial charge in [0.05, 0.1) is 12.2 Å². The average Bonchev–Trinajstić information content (AvgIpc) is 3.38.